The Balaban J connectivity index is 1.84. The van der Waals surface area contributed by atoms with Crippen molar-refractivity contribution in [3.8, 4) is 0 Å². The van der Waals surface area contributed by atoms with E-state index in [1.165, 1.54) is 5.69 Å². The van der Waals surface area contributed by atoms with Crippen molar-refractivity contribution in [2.75, 3.05) is 4.90 Å². The summed E-state index contributed by atoms with van der Waals surface area (Å²) in [5, 5.41) is 9.14. The Morgan fingerprint density at radius 1 is 1.12 bits per heavy atom. The first-order valence-corrected chi connectivity index (χ1v) is 6.32. The molecule has 0 amide bonds. The molecule has 0 aromatic heterocycles. The number of para-hydroxylation sites is 1. The first kappa shape index (κ1) is 10.6. The Morgan fingerprint density at radius 3 is 2.24 bits per heavy atom. The van der Waals surface area contributed by atoms with Crippen molar-refractivity contribution in [2.45, 2.75) is 37.8 Å². The molecule has 2 heterocycles. The fourth-order valence-corrected chi connectivity index (χ4v) is 3.40. The molecule has 2 atom stereocenters. The zero-order valence-corrected chi connectivity index (χ0v) is 9.75. The minimum absolute atomic E-state index is 0.132. The van der Waals surface area contributed by atoms with Crippen molar-refractivity contribution < 1.29 is 9.90 Å². The van der Waals surface area contributed by atoms with Gasteiger partial charge in [-0.1, -0.05) is 18.2 Å². The lowest BCUT2D eigenvalue weighted by Gasteiger charge is -2.39. The largest absolute Gasteiger partial charge is 0.481 e. The summed E-state index contributed by atoms with van der Waals surface area (Å²) >= 11 is 0. The molecule has 0 spiro atoms. The quantitative estimate of drug-likeness (QED) is 0.850. The monoisotopic (exact) mass is 231 g/mol. The summed E-state index contributed by atoms with van der Waals surface area (Å²) < 4.78 is 0. The van der Waals surface area contributed by atoms with Gasteiger partial charge in [-0.25, -0.2) is 0 Å². The molecule has 0 saturated carbocycles. The number of hydrogen-bond donors (Lipinski definition) is 1. The number of benzene rings is 1. The molecule has 2 bridgehead atoms. The highest BCUT2D eigenvalue weighted by Crippen LogP contribution is 2.41. The zero-order valence-electron chi connectivity index (χ0n) is 9.75. The fourth-order valence-electron chi connectivity index (χ4n) is 3.40. The first-order chi connectivity index (χ1) is 8.25. The third-order valence-corrected chi connectivity index (χ3v) is 4.14. The van der Waals surface area contributed by atoms with Crippen LogP contribution in [0.25, 0.3) is 0 Å². The Kier molecular flexibility index (Phi) is 2.54. The number of hydrogen-bond acceptors (Lipinski definition) is 2. The number of aliphatic carboxylic acids is 1. The van der Waals surface area contributed by atoms with Crippen LogP contribution in [-0.4, -0.2) is 23.2 Å². The van der Waals surface area contributed by atoms with Gasteiger partial charge in [0.1, 0.15) is 0 Å². The van der Waals surface area contributed by atoms with Crippen LogP contribution in [0.4, 0.5) is 5.69 Å². The van der Waals surface area contributed by atoms with Crippen molar-refractivity contribution in [3.05, 3.63) is 30.3 Å². The first-order valence-electron chi connectivity index (χ1n) is 6.32. The fraction of sp³-hybridized carbons (Fsp3) is 0.500. The molecule has 0 aliphatic carbocycles. The third-order valence-electron chi connectivity index (χ3n) is 4.14. The molecule has 1 N–H and O–H groups in total. The zero-order chi connectivity index (χ0) is 11.8. The molecule has 1 aromatic rings. The van der Waals surface area contributed by atoms with Gasteiger partial charge >= 0.3 is 5.97 Å². The van der Waals surface area contributed by atoms with E-state index in [4.69, 9.17) is 5.11 Å². The normalized spacial score (nSPS) is 31.5. The van der Waals surface area contributed by atoms with Gasteiger partial charge in [0.05, 0.1) is 5.92 Å². The topological polar surface area (TPSA) is 40.5 Å². The molecule has 2 saturated heterocycles. The lowest BCUT2D eigenvalue weighted by Crippen LogP contribution is -2.44. The lowest BCUT2D eigenvalue weighted by molar-refractivity contribution is -0.142. The van der Waals surface area contributed by atoms with Gasteiger partial charge in [-0.2, -0.15) is 0 Å². The second-order valence-electron chi connectivity index (χ2n) is 5.13. The molecule has 3 nitrogen and oxygen atoms in total. The van der Waals surface area contributed by atoms with Crippen LogP contribution in [0.15, 0.2) is 30.3 Å². The smallest absolute Gasteiger partial charge is 0.306 e. The second-order valence-corrected chi connectivity index (χ2v) is 5.13. The summed E-state index contributed by atoms with van der Waals surface area (Å²) in [5.41, 5.74) is 1.25. The van der Waals surface area contributed by atoms with E-state index in [-0.39, 0.29) is 5.92 Å². The van der Waals surface area contributed by atoms with E-state index in [9.17, 15) is 4.79 Å². The van der Waals surface area contributed by atoms with Crippen LogP contribution >= 0.6 is 0 Å². The Hall–Kier alpha value is -1.51. The molecular weight excluding hydrogens is 214 g/mol. The van der Waals surface area contributed by atoms with E-state index < -0.39 is 5.97 Å². The van der Waals surface area contributed by atoms with E-state index >= 15 is 0 Å². The molecule has 3 rings (SSSR count). The summed E-state index contributed by atoms with van der Waals surface area (Å²) in [6.45, 7) is 0. The summed E-state index contributed by atoms with van der Waals surface area (Å²) in [7, 11) is 0. The SMILES string of the molecule is O=C(O)C1CC2CCC(C1)N2c1ccccc1. The van der Waals surface area contributed by atoms with Gasteiger partial charge in [0, 0.05) is 17.8 Å². The molecule has 0 radical (unpaired) electrons. The summed E-state index contributed by atoms with van der Waals surface area (Å²) in [4.78, 5) is 13.5. The van der Waals surface area contributed by atoms with E-state index in [0.29, 0.717) is 12.1 Å². The van der Waals surface area contributed by atoms with Crippen molar-refractivity contribution in [2.24, 2.45) is 5.92 Å². The van der Waals surface area contributed by atoms with E-state index in [1.807, 2.05) is 6.07 Å². The van der Waals surface area contributed by atoms with Gasteiger partial charge in [0.25, 0.3) is 0 Å². The van der Waals surface area contributed by atoms with Gasteiger partial charge < -0.3 is 10.0 Å². The summed E-state index contributed by atoms with van der Waals surface area (Å²) in [5.74, 6) is -0.748. The molecule has 90 valence electrons. The Bertz CT molecular complexity index is 403. The number of fused-ring (bicyclic) bond motifs is 2. The van der Waals surface area contributed by atoms with Crippen LogP contribution in [0, 0.1) is 5.92 Å². The van der Waals surface area contributed by atoms with Crippen LogP contribution in [0.3, 0.4) is 0 Å². The molecule has 2 unspecified atom stereocenters. The van der Waals surface area contributed by atoms with Gasteiger partial charge in [0.15, 0.2) is 0 Å². The Morgan fingerprint density at radius 2 is 1.71 bits per heavy atom. The van der Waals surface area contributed by atoms with Crippen LogP contribution in [0.5, 0.6) is 0 Å². The minimum atomic E-state index is -0.616. The van der Waals surface area contributed by atoms with E-state index in [0.717, 1.165) is 25.7 Å². The summed E-state index contributed by atoms with van der Waals surface area (Å²) in [6.07, 6.45) is 3.90. The maximum absolute atomic E-state index is 11.1. The average Bonchev–Trinajstić information content (AvgIpc) is 2.60. The van der Waals surface area contributed by atoms with Gasteiger partial charge in [0.2, 0.25) is 0 Å². The molecule has 1 aromatic carbocycles. The maximum Gasteiger partial charge on any atom is 0.306 e. The highest BCUT2D eigenvalue weighted by atomic mass is 16.4. The van der Waals surface area contributed by atoms with E-state index in [1.54, 1.807) is 0 Å². The standard InChI is InChI=1S/C14H17NO2/c16-14(17)10-8-12-6-7-13(9-10)15(12)11-4-2-1-3-5-11/h1-5,10,12-13H,6-9H2,(H,16,17). The average molecular weight is 231 g/mol. The van der Waals surface area contributed by atoms with Crippen LogP contribution in [-0.2, 0) is 4.79 Å². The van der Waals surface area contributed by atoms with Crippen molar-refractivity contribution >= 4 is 11.7 Å². The molecule has 2 fully saturated rings. The highest BCUT2D eigenvalue weighted by Gasteiger charge is 2.42. The highest BCUT2D eigenvalue weighted by molar-refractivity contribution is 5.71. The van der Waals surface area contributed by atoms with Crippen LogP contribution < -0.4 is 4.90 Å². The number of carboxylic acids is 1. The number of rotatable bonds is 2. The molecular formula is C14H17NO2. The predicted molar refractivity (Wildman–Crippen MR) is 66.1 cm³/mol. The van der Waals surface area contributed by atoms with Crippen LogP contribution in [0.2, 0.25) is 0 Å². The predicted octanol–water partition coefficient (Wildman–Crippen LogP) is 2.52. The number of nitrogens with zero attached hydrogens (tertiary/aromatic N) is 1. The van der Waals surface area contributed by atoms with Crippen molar-refractivity contribution in [1.82, 2.24) is 0 Å². The molecule has 2 aliphatic rings. The minimum Gasteiger partial charge on any atom is -0.481 e. The third kappa shape index (κ3) is 1.79. The van der Waals surface area contributed by atoms with Crippen molar-refractivity contribution in [3.63, 3.8) is 0 Å². The summed E-state index contributed by atoms with van der Waals surface area (Å²) in [6, 6.07) is 11.2. The molecule has 3 heteroatoms. The molecule has 17 heavy (non-hydrogen) atoms. The number of anilines is 1. The number of carboxylic acid groups (broad SMARTS) is 1. The number of piperidine rings is 1. The Labute approximate surface area is 101 Å². The van der Waals surface area contributed by atoms with Crippen LogP contribution in [0.1, 0.15) is 25.7 Å². The second kappa shape index (κ2) is 4.06. The van der Waals surface area contributed by atoms with Gasteiger partial charge in [-0.05, 0) is 37.8 Å². The maximum atomic E-state index is 11.1. The number of carbonyl (C=O) groups is 1. The van der Waals surface area contributed by atoms with Gasteiger partial charge in [-0.15, -0.1) is 0 Å². The van der Waals surface area contributed by atoms with Gasteiger partial charge in [-0.3, -0.25) is 4.79 Å². The molecule has 2 aliphatic heterocycles. The van der Waals surface area contributed by atoms with Crippen molar-refractivity contribution in [1.29, 1.82) is 0 Å². The lowest BCUT2D eigenvalue weighted by atomic mass is 9.90. The van der Waals surface area contributed by atoms with E-state index in [2.05, 4.69) is 29.2 Å².